The first-order chi connectivity index (χ1) is 10.7. The summed E-state index contributed by atoms with van der Waals surface area (Å²) in [6, 6.07) is 5.84. The molecule has 0 amide bonds. The van der Waals surface area contributed by atoms with E-state index in [1.807, 2.05) is 30.9 Å². The number of unbranched alkanes of at least 4 members (excludes halogenated alkanes) is 4. The molecule has 0 aliphatic carbocycles. The van der Waals surface area contributed by atoms with E-state index in [9.17, 15) is 0 Å². The van der Waals surface area contributed by atoms with Crippen LogP contribution in [0.1, 0.15) is 56.9 Å². The number of aromatic nitrogens is 2. The van der Waals surface area contributed by atoms with E-state index in [0.717, 1.165) is 18.0 Å². The summed E-state index contributed by atoms with van der Waals surface area (Å²) in [5, 5.41) is 1.46. The van der Waals surface area contributed by atoms with Crippen LogP contribution in [0.15, 0.2) is 36.9 Å². The van der Waals surface area contributed by atoms with E-state index in [2.05, 4.69) is 22.5 Å². The molecule has 22 heavy (non-hydrogen) atoms. The van der Waals surface area contributed by atoms with Crippen molar-refractivity contribution in [2.75, 3.05) is 0 Å². The van der Waals surface area contributed by atoms with Crippen LogP contribution in [-0.2, 0) is 6.54 Å². The zero-order valence-electron chi connectivity index (χ0n) is 13.1. The fourth-order valence-corrected chi connectivity index (χ4v) is 3.38. The lowest BCUT2D eigenvalue weighted by molar-refractivity contribution is 0.488. The summed E-state index contributed by atoms with van der Waals surface area (Å²) in [6.07, 6.45) is 13.3. The largest absolute Gasteiger partial charge is 0.337 e. The molecule has 2 aromatic rings. The highest BCUT2D eigenvalue weighted by Gasteiger charge is 2.15. The molecule has 0 aliphatic rings. The summed E-state index contributed by atoms with van der Waals surface area (Å²) >= 11 is 12.4. The lowest BCUT2D eigenvalue weighted by Gasteiger charge is -2.19. The number of benzene rings is 1. The van der Waals surface area contributed by atoms with Crippen LogP contribution in [-0.4, -0.2) is 9.55 Å². The average molecular weight is 339 g/mol. The predicted octanol–water partition coefficient (Wildman–Crippen LogP) is 6.33. The number of rotatable bonds is 9. The lowest BCUT2D eigenvalue weighted by Crippen LogP contribution is -2.09. The van der Waals surface area contributed by atoms with Gasteiger partial charge in [0.1, 0.15) is 0 Å². The van der Waals surface area contributed by atoms with Gasteiger partial charge in [0.25, 0.3) is 0 Å². The molecule has 0 aliphatic heterocycles. The van der Waals surface area contributed by atoms with E-state index >= 15 is 0 Å². The maximum Gasteiger partial charge on any atom is 0.0946 e. The van der Waals surface area contributed by atoms with Gasteiger partial charge in [0, 0.05) is 34.9 Å². The smallest absolute Gasteiger partial charge is 0.0946 e. The minimum Gasteiger partial charge on any atom is -0.337 e. The van der Waals surface area contributed by atoms with E-state index in [1.54, 1.807) is 0 Å². The quantitative estimate of drug-likeness (QED) is 0.488. The number of hydrogen-bond donors (Lipinski definition) is 0. The molecule has 1 unspecified atom stereocenters. The molecule has 2 nitrogen and oxygen atoms in total. The van der Waals surface area contributed by atoms with Crippen molar-refractivity contribution in [1.29, 1.82) is 0 Å². The van der Waals surface area contributed by atoms with Crippen molar-refractivity contribution in [3.05, 3.63) is 52.5 Å². The maximum atomic E-state index is 6.42. The van der Waals surface area contributed by atoms with Crippen molar-refractivity contribution in [2.24, 2.45) is 0 Å². The highest BCUT2D eigenvalue weighted by molar-refractivity contribution is 6.35. The zero-order valence-corrected chi connectivity index (χ0v) is 14.7. The van der Waals surface area contributed by atoms with Gasteiger partial charge in [-0.15, -0.1) is 0 Å². The lowest BCUT2D eigenvalue weighted by atomic mass is 9.92. The third-order valence-electron chi connectivity index (χ3n) is 4.05. The summed E-state index contributed by atoms with van der Waals surface area (Å²) in [6.45, 7) is 3.16. The van der Waals surface area contributed by atoms with Gasteiger partial charge in [-0.1, -0.05) is 68.3 Å². The van der Waals surface area contributed by atoms with Crippen molar-refractivity contribution >= 4 is 23.2 Å². The van der Waals surface area contributed by atoms with Crippen molar-refractivity contribution in [3.63, 3.8) is 0 Å². The van der Waals surface area contributed by atoms with Gasteiger partial charge >= 0.3 is 0 Å². The minimum atomic E-state index is 0.403. The maximum absolute atomic E-state index is 6.42. The van der Waals surface area contributed by atoms with Crippen LogP contribution in [0.2, 0.25) is 10.0 Å². The molecule has 4 heteroatoms. The molecule has 120 valence electrons. The fraction of sp³-hybridized carbons (Fsp3) is 0.500. The second kappa shape index (κ2) is 9.22. The first-order valence-electron chi connectivity index (χ1n) is 8.11. The molecular weight excluding hydrogens is 315 g/mol. The molecule has 0 spiro atoms. The van der Waals surface area contributed by atoms with Crippen LogP contribution in [0.25, 0.3) is 0 Å². The minimum absolute atomic E-state index is 0.403. The molecular formula is C18H24Cl2N2. The van der Waals surface area contributed by atoms with Crippen LogP contribution >= 0.6 is 23.2 Å². The highest BCUT2D eigenvalue weighted by atomic mass is 35.5. The molecule has 0 saturated heterocycles. The van der Waals surface area contributed by atoms with Gasteiger partial charge in [0.15, 0.2) is 0 Å². The Morgan fingerprint density at radius 3 is 2.64 bits per heavy atom. The predicted molar refractivity (Wildman–Crippen MR) is 94.8 cm³/mol. The number of nitrogens with zero attached hydrogens (tertiary/aromatic N) is 2. The Labute approximate surface area is 143 Å². The van der Waals surface area contributed by atoms with Gasteiger partial charge in [0.2, 0.25) is 0 Å². The van der Waals surface area contributed by atoms with E-state index in [1.165, 1.54) is 37.7 Å². The number of halogens is 2. The average Bonchev–Trinajstić information content (AvgIpc) is 2.99. The van der Waals surface area contributed by atoms with Gasteiger partial charge in [0.05, 0.1) is 6.33 Å². The zero-order chi connectivity index (χ0) is 15.8. The molecule has 1 atom stereocenters. The molecule has 0 radical (unpaired) electrons. The number of hydrogen-bond acceptors (Lipinski definition) is 1. The van der Waals surface area contributed by atoms with Crippen LogP contribution in [0, 0.1) is 0 Å². The van der Waals surface area contributed by atoms with Crippen molar-refractivity contribution in [1.82, 2.24) is 9.55 Å². The van der Waals surface area contributed by atoms with Gasteiger partial charge in [-0.2, -0.15) is 0 Å². The van der Waals surface area contributed by atoms with E-state index in [4.69, 9.17) is 23.2 Å². The van der Waals surface area contributed by atoms with Crippen LogP contribution in [0.5, 0.6) is 0 Å². The fourth-order valence-electron chi connectivity index (χ4n) is 2.82. The normalized spacial score (nSPS) is 12.5. The summed E-state index contributed by atoms with van der Waals surface area (Å²) in [4.78, 5) is 4.14. The topological polar surface area (TPSA) is 17.8 Å². The first kappa shape index (κ1) is 17.4. The van der Waals surface area contributed by atoms with E-state index in [0.29, 0.717) is 10.9 Å². The summed E-state index contributed by atoms with van der Waals surface area (Å²) in [7, 11) is 0. The SMILES string of the molecule is CCCCCCCC(Cn1ccnc1)c1ccc(Cl)cc1Cl. The van der Waals surface area contributed by atoms with Crippen LogP contribution in [0.3, 0.4) is 0 Å². The first-order valence-corrected chi connectivity index (χ1v) is 8.87. The highest BCUT2D eigenvalue weighted by Crippen LogP contribution is 2.32. The van der Waals surface area contributed by atoms with Gasteiger partial charge < -0.3 is 4.57 Å². The van der Waals surface area contributed by atoms with Crippen molar-refractivity contribution in [2.45, 2.75) is 57.9 Å². The Kier molecular flexibility index (Phi) is 7.28. The second-order valence-electron chi connectivity index (χ2n) is 5.83. The molecule has 0 fully saturated rings. The summed E-state index contributed by atoms with van der Waals surface area (Å²) in [5.74, 6) is 0.403. The molecule has 1 heterocycles. The Morgan fingerprint density at radius 2 is 1.95 bits per heavy atom. The van der Waals surface area contributed by atoms with Crippen molar-refractivity contribution in [3.8, 4) is 0 Å². The molecule has 2 rings (SSSR count). The third-order valence-corrected chi connectivity index (χ3v) is 4.61. The van der Waals surface area contributed by atoms with Crippen LogP contribution in [0.4, 0.5) is 0 Å². The molecule has 0 N–H and O–H groups in total. The van der Waals surface area contributed by atoms with E-state index in [-0.39, 0.29) is 0 Å². The monoisotopic (exact) mass is 338 g/mol. The van der Waals surface area contributed by atoms with Gasteiger partial charge in [-0.25, -0.2) is 4.98 Å². The number of imidazole rings is 1. The molecule has 0 bridgehead atoms. The van der Waals surface area contributed by atoms with Crippen molar-refractivity contribution < 1.29 is 0 Å². The Hall–Kier alpha value is -0.990. The third kappa shape index (κ3) is 5.33. The molecule has 0 saturated carbocycles. The van der Waals surface area contributed by atoms with Gasteiger partial charge in [-0.3, -0.25) is 0 Å². The Balaban J connectivity index is 2.03. The Morgan fingerprint density at radius 1 is 1.14 bits per heavy atom. The second-order valence-corrected chi connectivity index (χ2v) is 6.67. The molecule has 1 aromatic heterocycles. The van der Waals surface area contributed by atoms with Crippen LogP contribution < -0.4 is 0 Å². The Bertz CT molecular complexity index is 552. The molecule has 1 aromatic carbocycles. The summed E-state index contributed by atoms with van der Waals surface area (Å²) < 4.78 is 2.13. The van der Waals surface area contributed by atoms with E-state index < -0.39 is 0 Å². The summed E-state index contributed by atoms with van der Waals surface area (Å²) in [5.41, 5.74) is 1.19. The van der Waals surface area contributed by atoms with Gasteiger partial charge in [-0.05, 0) is 24.1 Å². The standard InChI is InChI=1S/C18H24Cl2N2/c1-2-3-4-5-6-7-15(13-22-11-10-21-14-22)17-9-8-16(19)12-18(17)20/h8-12,14-15H,2-7,13H2,1H3.